The van der Waals surface area contributed by atoms with Crippen LogP contribution >= 0.6 is 0 Å². The molecule has 2 unspecified atom stereocenters. The van der Waals surface area contributed by atoms with E-state index < -0.39 is 6.10 Å². The Bertz CT molecular complexity index is 223. The zero-order valence-electron chi connectivity index (χ0n) is 15.6. The minimum atomic E-state index is -0.637. The third kappa shape index (κ3) is 15.1. The SMILES string of the molecule is CCCCCCCCCCCCCCOCC(O)C(CO)NC. The van der Waals surface area contributed by atoms with Gasteiger partial charge in [-0.2, -0.15) is 0 Å². The first-order valence-electron chi connectivity index (χ1n) is 9.80. The van der Waals surface area contributed by atoms with Crippen molar-refractivity contribution < 1.29 is 14.9 Å². The predicted octanol–water partition coefficient (Wildman–Crippen LogP) is 3.65. The topological polar surface area (TPSA) is 61.7 Å². The normalized spacial score (nSPS) is 14.1. The van der Waals surface area contributed by atoms with Gasteiger partial charge in [-0.05, 0) is 13.5 Å². The van der Waals surface area contributed by atoms with Crippen LogP contribution in [-0.4, -0.2) is 49.2 Å². The number of hydrogen-bond acceptors (Lipinski definition) is 4. The molecule has 4 nitrogen and oxygen atoms in total. The van der Waals surface area contributed by atoms with Gasteiger partial charge in [-0.25, -0.2) is 0 Å². The molecule has 0 aliphatic heterocycles. The lowest BCUT2D eigenvalue weighted by Crippen LogP contribution is -2.43. The van der Waals surface area contributed by atoms with Gasteiger partial charge in [0.15, 0.2) is 0 Å². The van der Waals surface area contributed by atoms with Crippen LogP contribution < -0.4 is 5.32 Å². The fourth-order valence-electron chi connectivity index (χ4n) is 2.77. The predicted molar refractivity (Wildman–Crippen MR) is 97.8 cm³/mol. The fourth-order valence-corrected chi connectivity index (χ4v) is 2.77. The molecule has 23 heavy (non-hydrogen) atoms. The van der Waals surface area contributed by atoms with Gasteiger partial charge >= 0.3 is 0 Å². The highest BCUT2D eigenvalue weighted by Gasteiger charge is 2.15. The van der Waals surface area contributed by atoms with E-state index in [-0.39, 0.29) is 12.6 Å². The zero-order chi connectivity index (χ0) is 17.2. The number of aliphatic hydroxyl groups excluding tert-OH is 2. The molecule has 0 aromatic rings. The van der Waals surface area contributed by atoms with E-state index in [0.717, 1.165) is 6.42 Å². The van der Waals surface area contributed by atoms with Gasteiger partial charge in [0.05, 0.1) is 25.4 Å². The Morgan fingerprint density at radius 2 is 1.30 bits per heavy atom. The molecule has 0 aliphatic carbocycles. The molecule has 0 aromatic heterocycles. The third-order valence-corrected chi connectivity index (χ3v) is 4.46. The molecule has 0 fully saturated rings. The molecular weight excluding hydrogens is 290 g/mol. The van der Waals surface area contributed by atoms with Gasteiger partial charge in [0.25, 0.3) is 0 Å². The Morgan fingerprint density at radius 1 is 0.826 bits per heavy atom. The van der Waals surface area contributed by atoms with Gasteiger partial charge in [0, 0.05) is 6.61 Å². The molecule has 0 radical (unpaired) electrons. The summed E-state index contributed by atoms with van der Waals surface area (Å²) in [6, 6.07) is -0.294. The van der Waals surface area contributed by atoms with Crippen molar-refractivity contribution in [2.45, 2.75) is 96.1 Å². The van der Waals surface area contributed by atoms with Crippen molar-refractivity contribution in [2.24, 2.45) is 0 Å². The molecule has 0 aromatic carbocycles. The number of nitrogens with one attached hydrogen (secondary N) is 1. The van der Waals surface area contributed by atoms with Gasteiger partial charge in [-0.15, -0.1) is 0 Å². The maximum atomic E-state index is 9.75. The number of aliphatic hydroxyl groups is 2. The summed E-state index contributed by atoms with van der Waals surface area (Å²) in [6.45, 7) is 3.20. The molecule has 2 atom stereocenters. The van der Waals surface area contributed by atoms with Crippen LogP contribution in [0, 0.1) is 0 Å². The van der Waals surface area contributed by atoms with Crippen molar-refractivity contribution in [2.75, 3.05) is 26.9 Å². The van der Waals surface area contributed by atoms with E-state index in [1.54, 1.807) is 7.05 Å². The van der Waals surface area contributed by atoms with Crippen LogP contribution in [0.25, 0.3) is 0 Å². The van der Waals surface area contributed by atoms with E-state index in [2.05, 4.69) is 12.2 Å². The fraction of sp³-hybridized carbons (Fsp3) is 1.00. The van der Waals surface area contributed by atoms with E-state index in [4.69, 9.17) is 9.84 Å². The smallest absolute Gasteiger partial charge is 0.0948 e. The summed E-state index contributed by atoms with van der Waals surface area (Å²) >= 11 is 0. The molecule has 140 valence electrons. The van der Waals surface area contributed by atoms with Crippen molar-refractivity contribution in [3.05, 3.63) is 0 Å². The number of rotatable bonds is 18. The van der Waals surface area contributed by atoms with Crippen molar-refractivity contribution in [3.63, 3.8) is 0 Å². The highest BCUT2D eigenvalue weighted by Crippen LogP contribution is 2.11. The second-order valence-electron chi connectivity index (χ2n) is 6.61. The Balaban J connectivity index is 3.16. The van der Waals surface area contributed by atoms with E-state index >= 15 is 0 Å². The summed E-state index contributed by atoms with van der Waals surface area (Å²) in [5, 5.41) is 21.7. The molecule has 0 spiro atoms. The number of hydrogen-bond donors (Lipinski definition) is 3. The Morgan fingerprint density at radius 3 is 1.74 bits per heavy atom. The van der Waals surface area contributed by atoms with Crippen LogP contribution in [0.1, 0.15) is 84.0 Å². The van der Waals surface area contributed by atoms with E-state index in [9.17, 15) is 5.11 Å². The first-order valence-corrected chi connectivity index (χ1v) is 9.80. The van der Waals surface area contributed by atoms with E-state index in [1.165, 1.54) is 70.6 Å². The second-order valence-corrected chi connectivity index (χ2v) is 6.61. The van der Waals surface area contributed by atoms with E-state index in [1.807, 2.05) is 0 Å². The lowest BCUT2D eigenvalue weighted by atomic mass is 10.1. The average Bonchev–Trinajstić information content (AvgIpc) is 2.56. The lowest BCUT2D eigenvalue weighted by Gasteiger charge is -2.20. The lowest BCUT2D eigenvalue weighted by molar-refractivity contribution is 0.00475. The van der Waals surface area contributed by atoms with Crippen LogP contribution in [0.4, 0.5) is 0 Å². The molecule has 0 amide bonds. The van der Waals surface area contributed by atoms with Gasteiger partial charge in [0.1, 0.15) is 0 Å². The maximum Gasteiger partial charge on any atom is 0.0948 e. The Hall–Kier alpha value is -0.160. The van der Waals surface area contributed by atoms with Crippen LogP contribution in [0.2, 0.25) is 0 Å². The molecule has 0 bridgehead atoms. The summed E-state index contributed by atoms with van der Waals surface area (Å²) < 4.78 is 5.47. The number of ether oxygens (including phenoxy) is 1. The van der Waals surface area contributed by atoms with E-state index in [0.29, 0.717) is 13.2 Å². The summed E-state index contributed by atoms with van der Waals surface area (Å²) in [6.07, 6.45) is 15.4. The van der Waals surface area contributed by atoms with Crippen LogP contribution in [0.3, 0.4) is 0 Å². The van der Waals surface area contributed by atoms with Crippen LogP contribution in [0.5, 0.6) is 0 Å². The Kier molecular flexibility index (Phi) is 18.1. The number of unbranched alkanes of at least 4 members (excludes halogenated alkanes) is 11. The summed E-state index contributed by atoms with van der Waals surface area (Å²) in [7, 11) is 1.73. The first-order chi connectivity index (χ1) is 11.3. The molecule has 3 N–H and O–H groups in total. The highest BCUT2D eigenvalue weighted by atomic mass is 16.5. The molecule has 4 heteroatoms. The van der Waals surface area contributed by atoms with Crippen molar-refractivity contribution in [3.8, 4) is 0 Å². The monoisotopic (exact) mass is 331 g/mol. The molecule has 0 aliphatic rings. The highest BCUT2D eigenvalue weighted by molar-refractivity contribution is 4.72. The van der Waals surface area contributed by atoms with Gasteiger partial charge < -0.3 is 20.3 Å². The van der Waals surface area contributed by atoms with Gasteiger partial charge in [-0.1, -0.05) is 77.6 Å². The molecule has 0 heterocycles. The standard InChI is InChI=1S/C19H41NO3/c1-3-4-5-6-7-8-9-10-11-12-13-14-15-23-17-19(22)18(16-21)20-2/h18-22H,3-17H2,1-2H3. The molecule has 0 saturated heterocycles. The largest absolute Gasteiger partial charge is 0.395 e. The molecule has 0 saturated carbocycles. The zero-order valence-corrected chi connectivity index (χ0v) is 15.6. The summed E-state index contributed by atoms with van der Waals surface area (Å²) in [5.41, 5.74) is 0. The molecular formula is C19H41NO3. The first kappa shape index (κ1) is 22.8. The van der Waals surface area contributed by atoms with Crippen molar-refractivity contribution in [1.29, 1.82) is 0 Å². The summed E-state index contributed by atoms with van der Waals surface area (Å²) in [5.74, 6) is 0. The number of likely N-dealkylation sites (N-methyl/N-ethyl adjacent to an activating group) is 1. The third-order valence-electron chi connectivity index (χ3n) is 4.46. The second kappa shape index (κ2) is 18.2. The van der Waals surface area contributed by atoms with Crippen LogP contribution in [0.15, 0.2) is 0 Å². The minimum absolute atomic E-state index is 0.0698. The minimum Gasteiger partial charge on any atom is -0.395 e. The van der Waals surface area contributed by atoms with Crippen molar-refractivity contribution in [1.82, 2.24) is 5.32 Å². The Labute approximate surface area is 144 Å². The average molecular weight is 332 g/mol. The van der Waals surface area contributed by atoms with Gasteiger partial charge in [-0.3, -0.25) is 0 Å². The summed E-state index contributed by atoms with van der Waals surface area (Å²) in [4.78, 5) is 0. The van der Waals surface area contributed by atoms with Crippen molar-refractivity contribution >= 4 is 0 Å². The molecule has 0 rings (SSSR count). The van der Waals surface area contributed by atoms with Crippen LogP contribution in [-0.2, 0) is 4.74 Å². The maximum absolute atomic E-state index is 9.75. The quantitative estimate of drug-likeness (QED) is 0.336. The van der Waals surface area contributed by atoms with Gasteiger partial charge in [0.2, 0.25) is 0 Å².